The number of unbranched alkanes of at least 4 members (excludes halogenated alkanes) is 1. The number of rotatable bonds is 8. The van der Waals surface area contributed by atoms with Crippen LogP contribution in [-0.2, 0) is 0 Å². The molecule has 0 heterocycles. The second-order valence-corrected chi connectivity index (χ2v) is 5.57. The summed E-state index contributed by atoms with van der Waals surface area (Å²) in [6.07, 6.45) is 4.22. The maximum Gasteiger partial charge on any atom is 0.164 e. The normalized spacial score (nSPS) is 16.6. The highest BCUT2D eigenvalue weighted by atomic mass is 19.2. The van der Waals surface area contributed by atoms with Gasteiger partial charge in [-0.2, -0.15) is 0 Å². The molecular weight excluding hydrogens is 260 g/mol. The number of aliphatic hydroxyl groups is 1. The Bertz CT molecular complexity index is 434. The predicted octanol–water partition coefficient (Wildman–Crippen LogP) is 3.65. The largest absolute Gasteiger partial charge is 0.388 e. The average Bonchev–Trinajstić information content (AvgIpc) is 3.26. The van der Waals surface area contributed by atoms with Crippen molar-refractivity contribution in [2.24, 2.45) is 0 Å². The minimum absolute atomic E-state index is 0.0660. The lowest BCUT2D eigenvalue weighted by atomic mass is 10.1. The molecule has 2 nitrogen and oxygen atoms in total. The highest BCUT2D eigenvalue weighted by Gasteiger charge is 2.28. The van der Waals surface area contributed by atoms with Crippen LogP contribution in [0.2, 0.25) is 0 Å². The summed E-state index contributed by atoms with van der Waals surface area (Å²) in [4.78, 5) is 2.37. The molecule has 4 heteroatoms. The topological polar surface area (TPSA) is 23.5 Å². The van der Waals surface area contributed by atoms with E-state index in [2.05, 4.69) is 11.8 Å². The molecule has 0 aliphatic heterocycles. The van der Waals surface area contributed by atoms with Gasteiger partial charge in [-0.1, -0.05) is 25.5 Å². The van der Waals surface area contributed by atoms with E-state index in [4.69, 9.17) is 0 Å². The van der Waals surface area contributed by atoms with E-state index in [0.717, 1.165) is 32.0 Å². The molecular formula is C16H23F2NO. The summed E-state index contributed by atoms with van der Waals surface area (Å²) in [5.74, 6) is -1.82. The first-order chi connectivity index (χ1) is 9.63. The van der Waals surface area contributed by atoms with Gasteiger partial charge in [0.25, 0.3) is 0 Å². The van der Waals surface area contributed by atoms with Crippen molar-refractivity contribution in [2.45, 2.75) is 51.2 Å². The zero-order valence-corrected chi connectivity index (χ0v) is 12.0. The summed E-state index contributed by atoms with van der Waals surface area (Å²) in [5.41, 5.74) is 0.0660. The van der Waals surface area contributed by atoms with E-state index in [1.807, 2.05) is 0 Å². The molecule has 1 saturated carbocycles. The van der Waals surface area contributed by atoms with Gasteiger partial charge in [-0.25, -0.2) is 8.78 Å². The van der Waals surface area contributed by atoms with Crippen LogP contribution < -0.4 is 0 Å². The molecule has 112 valence electrons. The summed E-state index contributed by atoms with van der Waals surface area (Å²) >= 11 is 0. The number of aliphatic hydroxyl groups excluding tert-OH is 1. The van der Waals surface area contributed by atoms with Gasteiger partial charge in [0.2, 0.25) is 0 Å². The van der Waals surface area contributed by atoms with E-state index < -0.39 is 17.7 Å². The molecule has 1 fully saturated rings. The lowest BCUT2D eigenvalue weighted by Gasteiger charge is -2.23. The fraction of sp³-hybridized carbons (Fsp3) is 0.625. The van der Waals surface area contributed by atoms with Gasteiger partial charge in [0, 0.05) is 18.2 Å². The van der Waals surface area contributed by atoms with Crippen molar-refractivity contribution in [3.05, 3.63) is 35.4 Å². The third kappa shape index (κ3) is 4.00. The first-order valence-electron chi connectivity index (χ1n) is 7.49. The predicted molar refractivity (Wildman–Crippen MR) is 75.4 cm³/mol. The van der Waals surface area contributed by atoms with E-state index in [1.54, 1.807) is 0 Å². The third-order valence-corrected chi connectivity index (χ3v) is 3.89. The molecule has 0 bridgehead atoms. The second kappa shape index (κ2) is 7.14. The van der Waals surface area contributed by atoms with Crippen molar-refractivity contribution in [1.82, 2.24) is 4.90 Å². The van der Waals surface area contributed by atoms with Crippen LogP contribution in [0.4, 0.5) is 8.78 Å². The molecule has 1 aliphatic carbocycles. The molecule has 1 unspecified atom stereocenters. The number of nitrogens with zero attached hydrogens (tertiary/aromatic N) is 1. The van der Waals surface area contributed by atoms with E-state index in [1.165, 1.54) is 25.0 Å². The van der Waals surface area contributed by atoms with Crippen LogP contribution >= 0.6 is 0 Å². The molecule has 1 atom stereocenters. The Labute approximate surface area is 119 Å². The summed E-state index contributed by atoms with van der Waals surface area (Å²) in [6.45, 7) is 3.92. The van der Waals surface area contributed by atoms with E-state index >= 15 is 0 Å². The van der Waals surface area contributed by atoms with Crippen molar-refractivity contribution in [1.29, 1.82) is 0 Å². The fourth-order valence-electron chi connectivity index (χ4n) is 2.50. The van der Waals surface area contributed by atoms with Crippen LogP contribution in [0.25, 0.3) is 0 Å². The van der Waals surface area contributed by atoms with Crippen LogP contribution in [0.3, 0.4) is 0 Å². The Kier molecular flexibility index (Phi) is 5.49. The van der Waals surface area contributed by atoms with Crippen molar-refractivity contribution < 1.29 is 13.9 Å². The zero-order valence-electron chi connectivity index (χ0n) is 12.0. The van der Waals surface area contributed by atoms with Crippen LogP contribution in [-0.4, -0.2) is 29.1 Å². The van der Waals surface area contributed by atoms with E-state index in [9.17, 15) is 13.9 Å². The molecule has 0 radical (unpaired) electrons. The van der Waals surface area contributed by atoms with Gasteiger partial charge in [-0.15, -0.1) is 0 Å². The summed E-state index contributed by atoms with van der Waals surface area (Å²) < 4.78 is 26.7. The van der Waals surface area contributed by atoms with Gasteiger partial charge in [0.15, 0.2) is 11.6 Å². The quantitative estimate of drug-likeness (QED) is 0.787. The van der Waals surface area contributed by atoms with Crippen LogP contribution in [0.15, 0.2) is 18.2 Å². The molecule has 0 amide bonds. The molecule has 20 heavy (non-hydrogen) atoms. The van der Waals surface area contributed by atoms with Gasteiger partial charge < -0.3 is 10.0 Å². The van der Waals surface area contributed by atoms with Crippen LogP contribution in [0.5, 0.6) is 0 Å². The lowest BCUT2D eigenvalue weighted by Crippen LogP contribution is -2.29. The summed E-state index contributed by atoms with van der Waals surface area (Å²) in [7, 11) is 0. The van der Waals surface area contributed by atoms with Crippen molar-refractivity contribution in [3.63, 3.8) is 0 Å². The Balaban J connectivity index is 1.89. The number of benzene rings is 1. The fourth-order valence-corrected chi connectivity index (χ4v) is 2.50. The number of halogens is 2. The van der Waals surface area contributed by atoms with Crippen molar-refractivity contribution in [2.75, 3.05) is 13.1 Å². The maximum absolute atomic E-state index is 13.6. The van der Waals surface area contributed by atoms with Crippen molar-refractivity contribution >= 4 is 0 Å². The minimum atomic E-state index is -0.937. The molecule has 1 aromatic carbocycles. The Morgan fingerprint density at radius 2 is 2.05 bits per heavy atom. The standard InChI is InChI=1S/C16H23F2NO/c1-2-3-10-19(12-7-8-12)11-9-15(20)13-5-4-6-14(17)16(13)18/h4-6,12,15,20H,2-3,7-11H2,1H3. The molecule has 0 aromatic heterocycles. The van der Waals surface area contributed by atoms with E-state index in [0.29, 0.717) is 12.5 Å². The first-order valence-corrected chi connectivity index (χ1v) is 7.49. The number of hydrogen-bond donors (Lipinski definition) is 1. The highest BCUT2D eigenvalue weighted by Crippen LogP contribution is 2.29. The van der Waals surface area contributed by atoms with Crippen molar-refractivity contribution in [3.8, 4) is 0 Å². The monoisotopic (exact) mass is 283 g/mol. The SMILES string of the molecule is CCCCN(CCC(O)c1cccc(F)c1F)C1CC1. The first kappa shape index (κ1) is 15.4. The van der Waals surface area contributed by atoms with E-state index in [-0.39, 0.29) is 5.56 Å². The van der Waals surface area contributed by atoms with Gasteiger partial charge in [-0.05, 0) is 38.3 Å². The summed E-state index contributed by atoms with van der Waals surface area (Å²) in [5, 5.41) is 10.1. The van der Waals surface area contributed by atoms with Crippen LogP contribution in [0, 0.1) is 11.6 Å². The third-order valence-electron chi connectivity index (χ3n) is 3.89. The summed E-state index contributed by atoms with van der Waals surface area (Å²) in [6, 6.07) is 4.60. The average molecular weight is 283 g/mol. The van der Waals surface area contributed by atoms with Gasteiger partial charge in [0.05, 0.1) is 6.10 Å². The Hall–Kier alpha value is -1.00. The van der Waals surface area contributed by atoms with Gasteiger partial charge in [0.1, 0.15) is 0 Å². The molecule has 0 spiro atoms. The zero-order chi connectivity index (χ0) is 14.5. The maximum atomic E-state index is 13.6. The highest BCUT2D eigenvalue weighted by molar-refractivity contribution is 5.21. The molecule has 0 saturated heterocycles. The number of hydrogen-bond acceptors (Lipinski definition) is 2. The molecule has 1 aromatic rings. The second-order valence-electron chi connectivity index (χ2n) is 5.57. The molecule has 1 N–H and O–H groups in total. The molecule has 2 rings (SSSR count). The molecule has 1 aliphatic rings. The van der Waals surface area contributed by atoms with Gasteiger partial charge in [-0.3, -0.25) is 0 Å². The Morgan fingerprint density at radius 1 is 1.30 bits per heavy atom. The minimum Gasteiger partial charge on any atom is -0.388 e. The van der Waals surface area contributed by atoms with Gasteiger partial charge >= 0.3 is 0 Å². The van der Waals surface area contributed by atoms with Crippen LogP contribution in [0.1, 0.15) is 50.7 Å². The Morgan fingerprint density at radius 3 is 2.70 bits per heavy atom. The smallest absolute Gasteiger partial charge is 0.164 e. The lowest BCUT2D eigenvalue weighted by molar-refractivity contribution is 0.134.